The van der Waals surface area contributed by atoms with E-state index in [1.165, 1.54) is 0 Å². The third-order valence-corrected chi connectivity index (χ3v) is 3.89. The molecule has 0 amide bonds. The van der Waals surface area contributed by atoms with Gasteiger partial charge in [0, 0.05) is 30.0 Å². The predicted octanol–water partition coefficient (Wildman–Crippen LogP) is 3.49. The number of benzene rings is 2. The molecule has 0 aliphatic rings. The van der Waals surface area contributed by atoms with E-state index in [1.54, 1.807) is 12.5 Å². The second-order valence-electron chi connectivity index (χ2n) is 5.61. The van der Waals surface area contributed by atoms with Gasteiger partial charge in [0.15, 0.2) is 5.69 Å². The summed E-state index contributed by atoms with van der Waals surface area (Å²) in [6, 6.07) is 17.8. The molecule has 0 unspecified atom stereocenters. The second kappa shape index (κ2) is 6.42. The van der Waals surface area contributed by atoms with Crippen LogP contribution in [-0.4, -0.2) is 19.7 Å². The summed E-state index contributed by atoms with van der Waals surface area (Å²) in [6.45, 7) is 0.732. The minimum absolute atomic E-state index is 0.277. The number of aromatic nitrogens is 4. The molecular formula is C19H14N6. The van der Waals surface area contributed by atoms with Crippen LogP contribution in [0.4, 0.5) is 11.4 Å². The SMILES string of the molecule is N#Cc1nnc2ccccc2c1Nc1cccc(Cn2ccnc2)c1. The molecule has 2 aromatic carbocycles. The molecule has 0 atom stereocenters. The first kappa shape index (κ1) is 14.8. The first-order valence-corrected chi connectivity index (χ1v) is 7.81. The van der Waals surface area contributed by atoms with Crippen molar-refractivity contribution >= 4 is 22.3 Å². The Morgan fingerprint density at radius 1 is 1.08 bits per heavy atom. The van der Waals surface area contributed by atoms with Gasteiger partial charge < -0.3 is 9.88 Å². The molecule has 4 rings (SSSR count). The molecule has 0 aliphatic carbocycles. The van der Waals surface area contributed by atoms with Crippen molar-refractivity contribution in [2.75, 3.05) is 5.32 Å². The summed E-state index contributed by atoms with van der Waals surface area (Å²) in [6.07, 6.45) is 5.47. The number of rotatable bonds is 4. The normalized spacial score (nSPS) is 10.5. The van der Waals surface area contributed by atoms with Crippen LogP contribution in [0.5, 0.6) is 0 Å². The number of anilines is 2. The Bertz CT molecular complexity index is 1060. The highest BCUT2D eigenvalue weighted by Crippen LogP contribution is 2.27. The van der Waals surface area contributed by atoms with Crippen molar-refractivity contribution < 1.29 is 0 Å². The maximum absolute atomic E-state index is 9.38. The van der Waals surface area contributed by atoms with Crippen LogP contribution in [-0.2, 0) is 6.54 Å². The van der Waals surface area contributed by atoms with Crippen molar-refractivity contribution in [2.24, 2.45) is 0 Å². The minimum Gasteiger partial charge on any atom is -0.353 e. The third-order valence-electron chi connectivity index (χ3n) is 3.89. The van der Waals surface area contributed by atoms with Crippen molar-refractivity contribution in [2.45, 2.75) is 6.54 Å². The minimum atomic E-state index is 0.277. The summed E-state index contributed by atoms with van der Waals surface area (Å²) < 4.78 is 2.00. The van der Waals surface area contributed by atoms with Gasteiger partial charge in [0.25, 0.3) is 0 Å². The Morgan fingerprint density at radius 2 is 2.00 bits per heavy atom. The first-order valence-electron chi connectivity index (χ1n) is 7.81. The van der Waals surface area contributed by atoms with Crippen molar-refractivity contribution in [3.05, 3.63) is 78.5 Å². The molecule has 0 bridgehead atoms. The number of imidazole rings is 1. The zero-order chi connectivity index (χ0) is 17.1. The molecule has 0 fully saturated rings. The molecule has 25 heavy (non-hydrogen) atoms. The largest absolute Gasteiger partial charge is 0.353 e. The smallest absolute Gasteiger partial charge is 0.187 e. The summed E-state index contributed by atoms with van der Waals surface area (Å²) in [5.41, 5.74) is 3.73. The fourth-order valence-corrected chi connectivity index (χ4v) is 2.74. The van der Waals surface area contributed by atoms with Crippen LogP contribution in [0.3, 0.4) is 0 Å². The number of hydrogen-bond donors (Lipinski definition) is 1. The van der Waals surface area contributed by atoms with Crippen LogP contribution in [0.15, 0.2) is 67.3 Å². The van der Waals surface area contributed by atoms with E-state index >= 15 is 0 Å². The van der Waals surface area contributed by atoms with E-state index in [4.69, 9.17) is 0 Å². The van der Waals surface area contributed by atoms with Crippen molar-refractivity contribution in [1.29, 1.82) is 5.26 Å². The molecule has 0 spiro atoms. The molecule has 6 heteroatoms. The van der Waals surface area contributed by atoms with Gasteiger partial charge in [0.1, 0.15) is 6.07 Å². The summed E-state index contributed by atoms with van der Waals surface area (Å²) in [4.78, 5) is 4.06. The Kier molecular flexibility index (Phi) is 3.81. The van der Waals surface area contributed by atoms with Crippen LogP contribution in [0.1, 0.15) is 11.3 Å². The summed E-state index contributed by atoms with van der Waals surface area (Å²) in [7, 11) is 0. The second-order valence-corrected chi connectivity index (χ2v) is 5.61. The fraction of sp³-hybridized carbons (Fsp3) is 0.0526. The highest BCUT2D eigenvalue weighted by atomic mass is 15.1. The molecular weight excluding hydrogens is 312 g/mol. The molecule has 6 nitrogen and oxygen atoms in total. The Hall–Kier alpha value is -3.72. The molecule has 1 N–H and O–H groups in total. The van der Waals surface area contributed by atoms with E-state index in [-0.39, 0.29) is 5.69 Å². The molecule has 0 saturated heterocycles. The van der Waals surface area contributed by atoms with E-state index in [1.807, 2.05) is 47.2 Å². The van der Waals surface area contributed by atoms with Gasteiger partial charge in [0.2, 0.25) is 0 Å². The maximum atomic E-state index is 9.38. The van der Waals surface area contributed by atoms with Crippen molar-refractivity contribution in [3.63, 3.8) is 0 Å². The lowest BCUT2D eigenvalue weighted by Gasteiger charge is -2.12. The van der Waals surface area contributed by atoms with E-state index in [0.29, 0.717) is 5.69 Å². The number of fused-ring (bicyclic) bond motifs is 1. The van der Waals surface area contributed by atoms with Gasteiger partial charge >= 0.3 is 0 Å². The Balaban J connectivity index is 1.71. The molecule has 0 radical (unpaired) electrons. The molecule has 120 valence electrons. The zero-order valence-electron chi connectivity index (χ0n) is 13.3. The zero-order valence-corrected chi connectivity index (χ0v) is 13.3. The molecule has 2 aromatic heterocycles. The van der Waals surface area contributed by atoms with Crippen LogP contribution >= 0.6 is 0 Å². The third kappa shape index (κ3) is 3.03. The lowest BCUT2D eigenvalue weighted by molar-refractivity contribution is 0.798. The number of nitrogens with zero attached hydrogens (tertiary/aromatic N) is 5. The molecule has 2 heterocycles. The maximum Gasteiger partial charge on any atom is 0.187 e. The summed E-state index contributed by atoms with van der Waals surface area (Å²) >= 11 is 0. The van der Waals surface area contributed by atoms with Crippen LogP contribution in [0.25, 0.3) is 10.9 Å². The fourth-order valence-electron chi connectivity index (χ4n) is 2.74. The van der Waals surface area contributed by atoms with Gasteiger partial charge in [-0.1, -0.05) is 30.3 Å². The molecule has 4 aromatic rings. The Labute approximate surface area is 144 Å². The number of nitriles is 1. The van der Waals surface area contributed by atoms with Gasteiger partial charge in [0.05, 0.1) is 17.5 Å². The van der Waals surface area contributed by atoms with Crippen LogP contribution in [0, 0.1) is 11.3 Å². The summed E-state index contributed by atoms with van der Waals surface area (Å²) in [5, 5.41) is 21.7. The average molecular weight is 326 g/mol. The Morgan fingerprint density at radius 3 is 2.84 bits per heavy atom. The topological polar surface area (TPSA) is 79.4 Å². The van der Waals surface area contributed by atoms with Gasteiger partial charge in [-0.05, 0) is 23.8 Å². The number of nitrogens with one attached hydrogen (secondary N) is 1. The van der Waals surface area contributed by atoms with Crippen LogP contribution < -0.4 is 5.32 Å². The average Bonchev–Trinajstić information content (AvgIpc) is 3.15. The summed E-state index contributed by atoms with van der Waals surface area (Å²) in [5.74, 6) is 0. The quantitative estimate of drug-likeness (QED) is 0.621. The monoisotopic (exact) mass is 326 g/mol. The van der Waals surface area contributed by atoms with Gasteiger partial charge in [-0.3, -0.25) is 0 Å². The number of hydrogen-bond acceptors (Lipinski definition) is 5. The van der Waals surface area contributed by atoms with Crippen molar-refractivity contribution in [3.8, 4) is 6.07 Å². The van der Waals surface area contributed by atoms with E-state index in [9.17, 15) is 5.26 Å². The molecule has 0 saturated carbocycles. The highest BCUT2D eigenvalue weighted by molar-refractivity contribution is 5.94. The standard InChI is InChI=1S/C19H14N6/c20-11-18-19(16-6-1-2-7-17(16)23-24-18)22-15-5-3-4-14(10-15)12-25-9-8-21-13-25/h1-10,13H,12H2,(H,22,23). The van der Waals surface area contributed by atoms with Crippen molar-refractivity contribution in [1.82, 2.24) is 19.7 Å². The van der Waals surface area contributed by atoms with Crippen LogP contribution in [0.2, 0.25) is 0 Å². The van der Waals surface area contributed by atoms with Gasteiger partial charge in [-0.2, -0.15) is 5.26 Å². The van der Waals surface area contributed by atoms with E-state index in [0.717, 1.165) is 28.7 Å². The van der Waals surface area contributed by atoms with Gasteiger partial charge in [-0.25, -0.2) is 4.98 Å². The lowest BCUT2D eigenvalue weighted by Crippen LogP contribution is -2.01. The van der Waals surface area contributed by atoms with E-state index in [2.05, 4.69) is 38.7 Å². The van der Waals surface area contributed by atoms with Gasteiger partial charge in [-0.15, -0.1) is 10.2 Å². The predicted molar refractivity (Wildman–Crippen MR) is 95.3 cm³/mol. The highest BCUT2D eigenvalue weighted by Gasteiger charge is 2.10. The lowest BCUT2D eigenvalue weighted by atomic mass is 10.1. The molecule has 0 aliphatic heterocycles. The first-order chi connectivity index (χ1) is 12.3. The van der Waals surface area contributed by atoms with E-state index < -0.39 is 0 Å².